The second kappa shape index (κ2) is 7.82. The first kappa shape index (κ1) is 18.8. The molecule has 1 aromatic heterocycles. The number of fused-ring (bicyclic) bond motifs is 1. The Balaban J connectivity index is 1.35. The summed E-state index contributed by atoms with van der Waals surface area (Å²) in [5.41, 5.74) is 0.703. The van der Waals surface area contributed by atoms with E-state index in [2.05, 4.69) is 10.0 Å². The molecule has 0 spiro atoms. The van der Waals surface area contributed by atoms with Crippen LogP contribution >= 0.6 is 0 Å². The van der Waals surface area contributed by atoms with Crippen molar-refractivity contribution in [2.24, 2.45) is 0 Å². The van der Waals surface area contributed by atoms with E-state index in [9.17, 15) is 13.2 Å². The summed E-state index contributed by atoms with van der Waals surface area (Å²) in [7, 11) is -3.91. The van der Waals surface area contributed by atoms with Crippen LogP contribution in [0.3, 0.4) is 0 Å². The predicted molar refractivity (Wildman–Crippen MR) is 96.6 cm³/mol. The van der Waals surface area contributed by atoms with Crippen LogP contribution in [0, 0.1) is 0 Å². The number of amides is 1. The Bertz CT molecular complexity index is 964. The Morgan fingerprint density at radius 2 is 2.00 bits per heavy atom. The summed E-state index contributed by atoms with van der Waals surface area (Å²) >= 11 is 0. The SMILES string of the molecule is O=C(NCC1CCCO1)c1ccc(S(=O)(=O)NCc2ccc3c(c2)OCO3)o1. The van der Waals surface area contributed by atoms with Gasteiger partial charge in [-0.15, -0.1) is 0 Å². The molecule has 0 aliphatic carbocycles. The van der Waals surface area contributed by atoms with Gasteiger partial charge in [-0.2, -0.15) is 0 Å². The summed E-state index contributed by atoms with van der Waals surface area (Å²) in [6.07, 6.45) is 1.85. The number of carbonyl (C=O) groups is 1. The van der Waals surface area contributed by atoms with Gasteiger partial charge >= 0.3 is 0 Å². The monoisotopic (exact) mass is 408 g/mol. The van der Waals surface area contributed by atoms with Crippen LogP contribution in [0.5, 0.6) is 11.5 Å². The average molecular weight is 408 g/mol. The number of carbonyl (C=O) groups excluding carboxylic acids is 1. The van der Waals surface area contributed by atoms with Crippen LogP contribution in [0.2, 0.25) is 0 Å². The zero-order valence-corrected chi connectivity index (χ0v) is 15.8. The molecule has 1 fully saturated rings. The number of hydrogen-bond acceptors (Lipinski definition) is 7. The lowest BCUT2D eigenvalue weighted by molar-refractivity contribution is 0.0831. The molecule has 28 heavy (non-hydrogen) atoms. The minimum atomic E-state index is -3.91. The standard InChI is InChI=1S/C18H20N2O7S/c21-18(19-10-13-2-1-7-24-13)15-5-6-17(27-15)28(22,23)20-9-12-3-4-14-16(8-12)26-11-25-14/h3-6,8,13,20H,1-2,7,9-11H2,(H,19,21). The van der Waals surface area contributed by atoms with Crippen LogP contribution in [0.1, 0.15) is 29.0 Å². The van der Waals surface area contributed by atoms with Crippen molar-refractivity contribution in [2.75, 3.05) is 19.9 Å². The highest BCUT2D eigenvalue weighted by atomic mass is 32.2. The van der Waals surface area contributed by atoms with Crippen molar-refractivity contribution in [3.8, 4) is 11.5 Å². The molecule has 2 N–H and O–H groups in total. The number of sulfonamides is 1. The molecule has 1 amide bonds. The van der Waals surface area contributed by atoms with Gasteiger partial charge in [-0.25, -0.2) is 13.1 Å². The largest absolute Gasteiger partial charge is 0.454 e. The van der Waals surface area contributed by atoms with E-state index in [1.165, 1.54) is 12.1 Å². The molecule has 4 rings (SSSR count). The fourth-order valence-electron chi connectivity index (χ4n) is 2.99. The quantitative estimate of drug-likeness (QED) is 0.711. The van der Waals surface area contributed by atoms with Crippen molar-refractivity contribution in [3.63, 3.8) is 0 Å². The molecule has 1 atom stereocenters. The summed E-state index contributed by atoms with van der Waals surface area (Å²) < 4.78 is 48.5. The van der Waals surface area contributed by atoms with E-state index < -0.39 is 15.9 Å². The van der Waals surface area contributed by atoms with E-state index in [1.54, 1.807) is 18.2 Å². The van der Waals surface area contributed by atoms with E-state index in [4.69, 9.17) is 18.6 Å². The molecule has 3 heterocycles. The van der Waals surface area contributed by atoms with Gasteiger partial charge in [0, 0.05) is 19.7 Å². The molecule has 0 saturated carbocycles. The van der Waals surface area contributed by atoms with Gasteiger partial charge in [0.1, 0.15) is 0 Å². The number of furan rings is 1. The third-order valence-corrected chi connectivity index (χ3v) is 5.76. The van der Waals surface area contributed by atoms with E-state index in [-0.39, 0.29) is 30.3 Å². The number of nitrogens with one attached hydrogen (secondary N) is 2. The lowest BCUT2D eigenvalue weighted by Crippen LogP contribution is -2.31. The Morgan fingerprint density at radius 1 is 1.14 bits per heavy atom. The van der Waals surface area contributed by atoms with Gasteiger partial charge in [-0.05, 0) is 42.7 Å². The minimum Gasteiger partial charge on any atom is -0.454 e. The molecule has 10 heteroatoms. The zero-order valence-electron chi connectivity index (χ0n) is 15.0. The van der Waals surface area contributed by atoms with Crippen molar-refractivity contribution in [1.29, 1.82) is 0 Å². The predicted octanol–water partition coefficient (Wildman–Crippen LogP) is 1.40. The second-order valence-corrected chi connectivity index (χ2v) is 8.17. The third-order valence-electron chi connectivity index (χ3n) is 4.49. The van der Waals surface area contributed by atoms with Crippen molar-refractivity contribution in [2.45, 2.75) is 30.6 Å². The summed E-state index contributed by atoms with van der Waals surface area (Å²) in [5.74, 6) is 0.644. The van der Waals surface area contributed by atoms with E-state index in [1.807, 2.05) is 0 Å². The van der Waals surface area contributed by atoms with E-state index in [0.717, 1.165) is 12.8 Å². The van der Waals surface area contributed by atoms with Crippen LogP contribution in [0.15, 0.2) is 39.8 Å². The molecule has 2 aromatic rings. The highest BCUT2D eigenvalue weighted by Crippen LogP contribution is 2.32. The van der Waals surface area contributed by atoms with Crippen LogP contribution < -0.4 is 19.5 Å². The van der Waals surface area contributed by atoms with Gasteiger partial charge < -0.3 is 23.9 Å². The Morgan fingerprint density at radius 3 is 2.82 bits per heavy atom. The molecule has 1 aromatic carbocycles. The summed E-state index contributed by atoms with van der Waals surface area (Å²) in [6.45, 7) is 1.25. The maximum absolute atomic E-state index is 12.4. The van der Waals surface area contributed by atoms with Crippen molar-refractivity contribution in [1.82, 2.24) is 10.0 Å². The fraction of sp³-hybridized carbons (Fsp3) is 0.389. The zero-order chi connectivity index (χ0) is 19.6. The maximum Gasteiger partial charge on any atom is 0.287 e. The molecule has 150 valence electrons. The summed E-state index contributed by atoms with van der Waals surface area (Å²) in [4.78, 5) is 12.1. The van der Waals surface area contributed by atoms with E-state index >= 15 is 0 Å². The fourth-order valence-corrected chi connectivity index (χ4v) is 3.93. The summed E-state index contributed by atoms with van der Waals surface area (Å²) in [6, 6.07) is 7.75. The van der Waals surface area contributed by atoms with Crippen LogP contribution in [0.4, 0.5) is 0 Å². The maximum atomic E-state index is 12.4. The van der Waals surface area contributed by atoms with Crippen LogP contribution in [-0.4, -0.2) is 40.4 Å². The van der Waals surface area contributed by atoms with Crippen molar-refractivity contribution < 1.29 is 31.8 Å². The molecule has 0 radical (unpaired) electrons. The summed E-state index contributed by atoms with van der Waals surface area (Å²) in [5, 5.41) is 2.37. The topological polar surface area (TPSA) is 116 Å². The molecule has 9 nitrogen and oxygen atoms in total. The van der Waals surface area contributed by atoms with Gasteiger partial charge in [0.2, 0.25) is 11.9 Å². The molecule has 2 aliphatic heterocycles. The van der Waals surface area contributed by atoms with Crippen LogP contribution in [0.25, 0.3) is 0 Å². The van der Waals surface area contributed by atoms with Crippen molar-refractivity contribution >= 4 is 15.9 Å². The van der Waals surface area contributed by atoms with Gasteiger partial charge in [0.15, 0.2) is 17.3 Å². The molecule has 0 bridgehead atoms. The molecule has 2 aliphatic rings. The highest BCUT2D eigenvalue weighted by molar-refractivity contribution is 7.89. The molecule has 1 saturated heterocycles. The normalized spacial score (nSPS) is 18.4. The Labute approximate surface area is 162 Å². The number of hydrogen-bond donors (Lipinski definition) is 2. The first-order chi connectivity index (χ1) is 13.5. The smallest absolute Gasteiger partial charge is 0.287 e. The van der Waals surface area contributed by atoms with Gasteiger partial charge in [0.05, 0.1) is 6.10 Å². The lowest BCUT2D eigenvalue weighted by atomic mass is 10.2. The van der Waals surface area contributed by atoms with Gasteiger partial charge in [-0.1, -0.05) is 6.07 Å². The van der Waals surface area contributed by atoms with Crippen molar-refractivity contribution in [3.05, 3.63) is 41.7 Å². The van der Waals surface area contributed by atoms with Gasteiger partial charge in [0.25, 0.3) is 15.9 Å². The third kappa shape index (κ3) is 4.13. The first-order valence-corrected chi connectivity index (χ1v) is 10.4. The minimum absolute atomic E-state index is 0.00881. The van der Waals surface area contributed by atoms with E-state index in [0.29, 0.717) is 30.2 Å². The molecular formula is C18H20N2O7S. The number of rotatable bonds is 7. The lowest BCUT2D eigenvalue weighted by Gasteiger charge is -2.09. The highest BCUT2D eigenvalue weighted by Gasteiger charge is 2.23. The first-order valence-electron chi connectivity index (χ1n) is 8.89. The number of ether oxygens (including phenoxy) is 3. The Kier molecular flexibility index (Phi) is 5.25. The average Bonchev–Trinajstić information content (AvgIpc) is 3.45. The molecule has 1 unspecified atom stereocenters. The Hall–Kier alpha value is -2.56. The van der Waals surface area contributed by atoms with Crippen LogP contribution in [-0.2, 0) is 21.3 Å². The molecular weight excluding hydrogens is 388 g/mol. The second-order valence-electron chi connectivity index (χ2n) is 6.48. The number of benzene rings is 1. The van der Waals surface area contributed by atoms with Gasteiger partial charge in [-0.3, -0.25) is 4.79 Å².